The van der Waals surface area contributed by atoms with Gasteiger partial charge in [0.25, 0.3) is 0 Å². The van der Waals surface area contributed by atoms with Crippen molar-refractivity contribution in [2.75, 3.05) is 32.5 Å². The molecule has 0 saturated heterocycles. The molecule has 0 heterocycles. The van der Waals surface area contributed by atoms with Gasteiger partial charge in [-0.2, -0.15) is 0 Å². The highest BCUT2D eigenvalue weighted by atomic mass is 127. The van der Waals surface area contributed by atoms with Crippen molar-refractivity contribution in [3.05, 3.63) is 30.3 Å². The largest absolute Gasteiger partial charge is 0.378 e. The standard InChI is InChI=1S/C20H33N3O2S.HI/c1-3-25-19(17-9-7-8-10-17)13-14-22-20(21-2)23-15-16-26(24)18-11-5-4-6-12-18;/h4-6,11-12,17,19H,3,7-10,13-16H2,1-2H3,(H2,21,22,23);1H. The monoisotopic (exact) mass is 507 g/mol. The number of guanidine groups is 1. The van der Waals surface area contributed by atoms with Crippen molar-refractivity contribution in [3.63, 3.8) is 0 Å². The molecule has 0 aromatic heterocycles. The van der Waals surface area contributed by atoms with Crippen LogP contribution in [0, 0.1) is 5.92 Å². The van der Waals surface area contributed by atoms with Crippen LogP contribution in [0.1, 0.15) is 39.0 Å². The van der Waals surface area contributed by atoms with Gasteiger partial charge >= 0.3 is 0 Å². The van der Waals surface area contributed by atoms with Crippen LogP contribution in [0.3, 0.4) is 0 Å². The second kappa shape index (κ2) is 14.3. The van der Waals surface area contributed by atoms with E-state index in [0.29, 0.717) is 24.3 Å². The van der Waals surface area contributed by atoms with Gasteiger partial charge in [-0.05, 0) is 44.2 Å². The van der Waals surface area contributed by atoms with Gasteiger partial charge in [0.15, 0.2) is 5.96 Å². The summed E-state index contributed by atoms with van der Waals surface area (Å²) in [6.45, 7) is 4.31. The van der Waals surface area contributed by atoms with E-state index in [0.717, 1.165) is 30.4 Å². The lowest BCUT2D eigenvalue weighted by Gasteiger charge is -2.24. The number of nitrogens with zero attached hydrogens (tertiary/aromatic N) is 1. The zero-order valence-corrected chi connectivity index (χ0v) is 19.6. The lowest BCUT2D eigenvalue weighted by atomic mass is 9.98. The van der Waals surface area contributed by atoms with E-state index in [1.54, 1.807) is 7.05 Å². The molecule has 27 heavy (non-hydrogen) atoms. The molecule has 1 fully saturated rings. The summed E-state index contributed by atoms with van der Waals surface area (Å²) in [6, 6.07) is 9.58. The van der Waals surface area contributed by atoms with Gasteiger partial charge in [0.05, 0.1) is 16.9 Å². The molecular formula is C20H34IN3O2S. The number of nitrogens with one attached hydrogen (secondary N) is 2. The van der Waals surface area contributed by atoms with Gasteiger partial charge in [0, 0.05) is 37.4 Å². The van der Waals surface area contributed by atoms with Crippen molar-refractivity contribution in [2.45, 2.75) is 50.0 Å². The maximum absolute atomic E-state index is 12.2. The van der Waals surface area contributed by atoms with Crippen molar-refractivity contribution in [2.24, 2.45) is 10.9 Å². The summed E-state index contributed by atoms with van der Waals surface area (Å²) >= 11 is 0. The molecule has 7 heteroatoms. The van der Waals surface area contributed by atoms with Crippen molar-refractivity contribution in [3.8, 4) is 0 Å². The highest BCUT2D eigenvalue weighted by Crippen LogP contribution is 2.30. The summed E-state index contributed by atoms with van der Waals surface area (Å²) in [4.78, 5) is 5.12. The van der Waals surface area contributed by atoms with Crippen LogP contribution in [0.15, 0.2) is 40.2 Å². The zero-order valence-electron chi connectivity index (χ0n) is 16.5. The molecule has 0 amide bonds. The molecule has 1 aromatic rings. The van der Waals surface area contributed by atoms with E-state index in [4.69, 9.17) is 4.74 Å². The van der Waals surface area contributed by atoms with E-state index in [9.17, 15) is 4.21 Å². The number of aliphatic imine (C=N–C) groups is 1. The SMILES string of the molecule is CCOC(CCNC(=NC)NCCS(=O)c1ccccc1)C1CCCC1.I. The van der Waals surface area contributed by atoms with Gasteiger partial charge in [-0.3, -0.25) is 9.20 Å². The molecule has 1 aliphatic rings. The molecule has 5 nitrogen and oxygen atoms in total. The summed E-state index contributed by atoms with van der Waals surface area (Å²) in [6.07, 6.45) is 6.60. The quantitative estimate of drug-likeness (QED) is 0.289. The minimum Gasteiger partial charge on any atom is -0.378 e. The second-order valence-corrected chi connectivity index (χ2v) is 8.19. The van der Waals surface area contributed by atoms with E-state index in [1.807, 2.05) is 30.3 Å². The Bertz CT molecular complexity index is 566. The molecule has 2 rings (SSSR count). The number of rotatable bonds is 10. The summed E-state index contributed by atoms with van der Waals surface area (Å²) in [5.74, 6) is 2.03. The van der Waals surface area contributed by atoms with E-state index >= 15 is 0 Å². The van der Waals surface area contributed by atoms with Gasteiger partial charge in [-0.15, -0.1) is 24.0 Å². The van der Waals surface area contributed by atoms with Crippen molar-refractivity contribution in [1.82, 2.24) is 10.6 Å². The van der Waals surface area contributed by atoms with Crippen LogP contribution < -0.4 is 10.6 Å². The van der Waals surface area contributed by atoms with Gasteiger partial charge < -0.3 is 15.4 Å². The van der Waals surface area contributed by atoms with E-state index in [1.165, 1.54) is 25.7 Å². The molecule has 0 radical (unpaired) electrons. The van der Waals surface area contributed by atoms with Crippen LogP contribution in [-0.2, 0) is 15.5 Å². The summed E-state index contributed by atoms with van der Waals surface area (Å²) < 4.78 is 18.2. The van der Waals surface area contributed by atoms with Gasteiger partial charge in [0.1, 0.15) is 0 Å². The fourth-order valence-corrected chi connectivity index (χ4v) is 4.49. The average molecular weight is 507 g/mol. The maximum Gasteiger partial charge on any atom is 0.191 e. The Morgan fingerprint density at radius 1 is 1.22 bits per heavy atom. The molecule has 2 N–H and O–H groups in total. The van der Waals surface area contributed by atoms with Crippen molar-refractivity contribution in [1.29, 1.82) is 0 Å². The molecule has 1 saturated carbocycles. The third kappa shape index (κ3) is 8.91. The number of hydrogen-bond donors (Lipinski definition) is 2. The molecule has 1 aromatic carbocycles. The molecule has 0 bridgehead atoms. The van der Waals surface area contributed by atoms with Crippen molar-refractivity contribution < 1.29 is 8.95 Å². The predicted molar refractivity (Wildman–Crippen MR) is 124 cm³/mol. The van der Waals surface area contributed by atoms with E-state index in [-0.39, 0.29) is 24.0 Å². The van der Waals surface area contributed by atoms with Crippen LogP contribution in [-0.4, -0.2) is 48.8 Å². The van der Waals surface area contributed by atoms with Crippen molar-refractivity contribution >= 4 is 40.7 Å². The topological polar surface area (TPSA) is 62.7 Å². The maximum atomic E-state index is 12.2. The molecule has 154 valence electrons. The van der Waals surface area contributed by atoms with Gasteiger partial charge in [-0.1, -0.05) is 31.0 Å². The second-order valence-electron chi connectivity index (χ2n) is 6.62. The van der Waals surface area contributed by atoms with Crippen LogP contribution in [0.25, 0.3) is 0 Å². The Balaban J connectivity index is 0.00000364. The molecule has 1 aliphatic carbocycles. The average Bonchev–Trinajstić information content (AvgIpc) is 3.21. The molecular weight excluding hydrogens is 473 g/mol. The van der Waals surface area contributed by atoms with Crippen LogP contribution >= 0.6 is 24.0 Å². The third-order valence-corrected chi connectivity index (χ3v) is 6.21. The van der Waals surface area contributed by atoms with Gasteiger partial charge in [0.2, 0.25) is 0 Å². The lowest BCUT2D eigenvalue weighted by molar-refractivity contribution is 0.0169. The third-order valence-electron chi connectivity index (χ3n) is 4.84. The van der Waals surface area contributed by atoms with Gasteiger partial charge in [-0.25, -0.2) is 0 Å². The Morgan fingerprint density at radius 3 is 2.52 bits per heavy atom. The first-order valence-electron chi connectivity index (χ1n) is 9.74. The highest BCUT2D eigenvalue weighted by Gasteiger charge is 2.25. The first-order valence-corrected chi connectivity index (χ1v) is 11.1. The minimum absolute atomic E-state index is 0. The Labute approximate surface area is 183 Å². The van der Waals surface area contributed by atoms with E-state index in [2.05, 4.69) is 22.5 Å². The van der Waals surface area contributed by atoms with E-state index < -0.39 is 10.8 Å². The molecule has 2 unspecified atom stereocenters. The smallest absolute Gasteiger partial charge is 0.191 e. The number of benzene rings is 1. The number of hydrogen-bond acceptors (Lipinski definition) is 3. The first kappa shape index (κ1) is 24.4. The Morgan fingerprint density at radius 2 is 1.89 bits per heavy atom. The Hall–Kier alpha value is -0.670. The lowest BCUT2D eigenvalue weighted by Crippen LogP contribution is -2.40. The van der Waals surface area contributed by atoms with Crippen LogP contribution in [0.2, 0.25) is 0 Å². The molecule has 0 spiro atoms. The highest BCUT2D eigenvalue weighted by molar-refractivity contribution is 14.0. The summed E-state index contributed by atoms with van der Waals surface area (Å²) in [5, 5.41) is 6.61. The summed E-state index contributed by atoms with van der Waals surface area (Å²) in [7, 11) is 0.780. The minimum atomic E-state index is -0.985. The molecule has 0 aliphatic heterocycles. The van der Waals surface area contributed by atoms with Crippen LogP contribution in [0.5, 0.6) is 0 Å². The van der Waals surface area contributed by atoms with Crippen LogP contribution in [0.4, 0.5) is 0 Å². The molecule has 2 atom stereocenters. The fraction of sp³-hybridized carbons (Fsp3) is 0.650. The Kier molecular flexibility index (Phi) is 12.9. The first-order chi connectivity index (χ1) is 12.7. The fourth-order valence-electron chi connectivity index (χ4n) is 3.50. The number of halogens is 1. The predicted octanol–water partition coefficient (Wildman–Crippen LogP) is 3.56. The normalized spacial score (nSPS) is 17.2. The zero-order chi connectivity index (χ0) is 18.6. The summed E-state index contributed by atoms with van der Waals surface area (Å²) in [5.41, 5.74) is 0. The number of ether oxygens (including phenoxy) is 1.